The number of hydrogen-bond acceptors (Lipinski definition) is 23. The van der Waals surface area contributed by atoms with Gasteiger partial charge in [0.15, 0.2) is 11.4 Å². The maximum absolute atomic E-state index is 12.9. The van der Waals surface area contributed by atoms with E-state index in [9.17, 15) is 89.8 Å². The molecular weight excluding hydrogens is 1070 g/mol. The van der Waals surface area contributed by atoms with Gasteiger partial charge in [-0.1, -0.05) is 11.3 Å². The first-order valence-electron chi connectivity index (χ1n) is 18.3. The molecule has 30 nitrogen and oxygen atoms in total. The Balaban J connectivity index is 1.34. The van der Waals surface area contributed by atoms with Crippen molar-refractivity contribution >= 4 is 134 Å². The van der Waals surface area contributed by atoms with Crippen molar-refractivity contribution in [3.63, 3.8) is 0 Å². The van der Waals surface area contributed by atoms with Gasteiger partial charge < -0.3 is 20.6 Å². The summed E-state index contributed by atoms with van der Waals surface area (Å²) in [6.45, 7) is 1.00. The fourth-order valence-electron chi connectivity index (χ4n) is 6.22. The van der Waals surface area contributed by atoms with Crippen LogP contribution in [-0.2, 0) is 55.4 Å². The van der Waals surface area contributed by atoms with E-state index >= 15 is 0 Å². The van der Waals surface area contributed by atoms with Crippen LogP contribution in [0.3, 0.4) is 0 Å². The highest BCUT2D eigenvalue weighted by Gasteiger charge is 2.30. The number of fused-ring (bicyclic) bond motifs is 2. The van der Waals surface area contributed by atoms with Gasteiger partial charge in [0, 0.05) is 17.7 Å². The number of nitrogens with one attached hydrogen (secondary N) is 1. The molecule has 370 valence electrons. The summed E-state index contributed by atoms with van der Waals surface area (Å²) < 4.78 is 173. The number of carboxylic acids is 1. The molecule has 0 bridgehead atoms. The molecule has 0 saturated carbocycles. The molecule has 0 fully saturated rings. The average molecular weight is 1100 g/mol. The van der Waals surface area contributed by atoms with Crippen LogP contribution in [0.1, 0.15) is 17.4 Å². The molecule has 0 aliphatic carbocycles. The highest BCUT2D eigenvalue weighted by atomic mass is 32.2. The second kappa shape index (κ2) is 18.3. The first kappa shape index (κ1) is 51.2. The molecule has 7 aromatic rings. The summed E-state index contributed by atoms with van der Waals surface area (Å²) in [6, 6.07) is 10.3. The van der Waals surface area contributed by atoms with E-state index in [1.807, 2.05) is 0 Å². The number of phenolic OH excluding ortho intramolecular Hbond substituents is 1. The Morgan fingerprint density at radius 3 is 1.77 bits per heavy atom. The number of carbonyl (C=O) groups is 2. The summed E-state index contributed by atoms with van der Waals surface area (Å²) in [4.78, 5) is 23.4. The fourth-order valence-corrected chi connectivity index (χ4v) is 10.2. The molecule has 0 unspecified atom stereocenters. The van der Waals surface area contributed by atoms with Crippen LogP contribution >= 0.6 is 11.3 Å². The van der Waals surface area contributed by atoms with E-state index < -0.39 is 149 Å². The van der Waals surface area contributed by atoms with E-state index in [0.717, 1.165) is 66.8 Å². The lowest BCUT2D eigenvalue weighted by Crippen LogP contribution is -2.07. The van der Waals surface area contributed by atoms with Gasteiger partial charge >= 0.3 is 5.97 Å². The summed E-state index contributed by atoms with van der Waals surface area (Å²) in [7, 11) is -25.9. The molecular formula is C35H24N10O20S6. The number of amides is 1. The molecule has 0 saturated heterocycles. The number of nitrogens with zero attached hydrogens (tertiary/aromatic N) is 9. The molecule has 36 heteroatoms. The van der Waals surface area contributed by atoms with Gasteiger partial charge in [0.1, 0.15) is 37.4 Å². The number of thiazole rings is 1. The normalized spacial score (nSPS) is 13.0. The zero-order valence-electron chi connectivity index (χ0n) is 34.4. The van der Waals surface area contributed by atoms with Gasteiger partial charge in [-0.15, -0.1) is 30.7 Å². The second-order valence-corrected chi connectivity index (χ2v) is 21.9. The van der Waals surface area contributed by atoms with E-state index in [1.54, 1.807) is 0 Å². The van der Waals surface area contributed by atoms with Gasteiger partial charge in [-0.3, -0.25) is 27.6 Å². The largest absolute Gasteiger partial charge is 0.505 e. The van der Waals surface area contributed by atoms with E-state index in [0.29, 0.717) is 22.9 Å². The highest BCUT2D eigenvalue weighted by molar-refractivity contribution is 7.87. The number of aromatic hydroxyl groups is 2. The molecule has 2 heterocycles. The third-order valence-corrected chi connectivity index (χ3v) is 14.5. The number of aromatic nitrogens is 3. The molecule has 5 aromatic carbocycles. The van der Waals surface area contributed by atoms with Crippen molar-refractivity contribution in [2.75, 3.05) is 5.32 Å². The number of aromatic carboxylic acids is 1. The Morgan fingerprint density at radius 2 is 1.20 bits per heavy atom. The third kappa shape index (κ3) is 10.7. The van der Waals surface area contributed by atoms with Crippen molar-refractivity contribution in [1.29, 1.82) is 0 Å². The first-order valence-corrected chi connectivity index (χ1v) is 26.3. The van der Waals surface area contributed by atoms with Crippen molar-refractivity contribution in [2.24, 2.45) is 30.7 Å². The minimum Gasteiger partial charge on any atom is -0.505 e. The smallest absolute Gasteiger partial charge is 0.358 e. The standard InChI is InChI=1S/C35H24N10O20S6/c1-14(46)36-22-12-24(26(69(57,58)59)13-23(22)39-43-35-37-20-8-6-17(68(54,55)56)10-25(20)66-35)40-41-28-27(70(60,61)62)11-19-18(31(28)47)7-9-21(32(19)71(63,64)65)38-42-29-30(34(49)50)44-45(33(29)48)15-2-4-16(5-3-15)67(51,52)53/h2-13,47-48H,1H3,(H,36,46)(H,49,50)(H,51,52,53)(H,54,55,56)(H,57,58,59)(H,60,61,62)(H,63,64,65). The van der Waals surface area contributed by atoms with Crippen LogP contribution in [0.25, 0.3) is 26.7 Å². The summed E-state index contributed by atoms with van der Waals surface area (Å²) in [5.74, 6) is -5.08. The zero-order chi connectivity index (χ0) is 52.3. The van der Waals surface area contributed by atoms with Gasteiger partial charge in [-0.05, 0) is 72.8 Å². The number of phenols is 1. The van der Waals surface area contributed by atoms with E-state index in [2.05, 4.69) is 46.1 Å². The Bertz CT molecular complexity index is 4140. The van der Waals surface area contributed by atoms with Crippen LogP contribution in [0.4, 0.5) is 39.3 Å². The van der Waals surface area contributed by atoms with E-state index in [1.165, 1.54) is 6.07 Å². The summed E-state index contributed by atoms with van der Waals surface area (Å²) in [5, 5.41) is 58.3. The van der Waals surface area contributed by atoms with Gasteiger partial charge in [0.25, 0.3) is 50.6 Å². The number of hydrogen-bond donors (Lipinski definition) is 9. The van der Waals surface area contributed by atoms with Crippen LogP contribution in [-0.4, -0.2) is 107 Å². The van der Waals surface area contributed by atoms with Crippen molar-refractivity contribution in [3.05, 3.63) is 78.5 Å². The minimum absolute atomic E-state index is 0.166. The topological polar surface area (TPSA) is 484 Å². The predicted molar refractivity (Wildman–Crippen MR) is 240 cm³/mol. The Kier molecular flexibility index (Phi) is 13.2. The van der Waals surface area contributed by atoms with E-state index in [4.69, 9.17) is 0 Å². The molecule has 0 atom stereocenters. The summed E-state index contributed by atoms with van der Waals surface area (Å²) in [5.41, 5.74) is -5.99. The Labute approximate surface area is 399 Å². The van der Waals surface area contributed by atoms with E-state index in [-0.39, 0.29) is 21.0 Å². The van der Waals surface area contributed by atoms with Crippen LogP contribution in [0.5, 0.6) is 11.6 Å². The molecule has 1 amide bonds. The van der Waals surface area contributed by atoms with Crippen molar-refractivity contribution in [1.82, 2.24) is 14.8 Å². The van der Waals surface area contributed by atoms with Crippen molar-refractivity contribution in [3.8, 4) is 17.3 Å². The number of rotatable bonds is 14. The van der Waals surface area contributed by atoms with Crippen molar-refractivity contribution < 1.29 is 89.8 Å². The SMILES string of the molecule is CC(=O)Nc1cc(N=Nc2c(S(=O)(=O)O)cc3c(S(=O)(=O)O)c(N=Nc4c(C(=O)O)nn(-c5ccc(S(=O)(=O)O)cc5)c4O)ccc3c2O)c(S(=O)(=O)O)cc1N=Nc1nc2ccc(S(=O)(=O)O)cc2s1. The number of carbonyl (C=O) groups excluding carboxylic acids is 1. The van der Waals surface area contributed by atoms with Gasteiger partial charge in [-0.25, -0.2) is 9.78 Å². The number of anilines is 1. The molecule has 0 aliphatic heterocycles. The lowest BCUT2D eigenvalue weighted by molar-refractivity contribution is -0.114. The van der Waals surface area contributed by atoms with Crippen LogP contribution < -0.4 is 5.32 Å². The molecule has 9 N–H and O–H groups in total. The highest BCUT2D eigenvalue weighted by Crippen LogP contribution is 2.47. The summed E-state index contributed by atoms with van der Waals surface area (Å²) >= 11 is 0.761. The Morgan fingerprint density at radius 1 is 0.606 bits per heavy atom. The van der Waals surface area contributed by atoms with Gasteiger partial charge in [0.05, 0.1) is 31.4 Å². The predicted octanol–water partition coefficient (Wildman–Crippen LogP) is 6.18. The Hall–Kier alpha value is -7.65. The second-order valence-electron chi connectivity index (χ2n) is 13.9. The first-order chi connectivity index (χ1) is 32.8. The molecule has 7 rings (SSSR count). The maximum atomic E-state index is 12.9. The van der Waals surface area contributed by atoms with Gasteiger partial charge in [0.2, 0.25) is 22.6 Å². The molecule has 0 radical (unpaired) electrons. The van der Waals surface area contributed by atoms with Crippen molar-refractivity contribution in [2.45, 2.75) is 31.4 Å². The van der Waals surface area contributed by atoms with Crippen LogP contribution in [0, 0.1) is 0 Å². The number of azo groups is 3. The lowest BCUT2D eigenvalue weighted by atomic mass is 10.1. The number of benzene rings is 5. The maximum Gasteiger partial charge on any atom is 0.358 e. The molecule has 71 heavy (non-hydrogen) atoms. The zero-order valence-corrected chi connectivity index (χ0v) is 39.3. The fraction of sp³-hybridized carbons (Fsp3) is 0.0286. The van der Waals surface area contributed by atoms with Crippen LogP contribution in [0.15, 0.2) is 128 Å². The number of carboxylic acid groups (broad SMARTS) is 1. The van der Waals surface area contributed by atoms with Crippen LogP contribution in [0.2, 0.25) is 0 Å². The summed E-state index contributed by atoms with van der Waals surface area (Å²) in [6.07, 6.45) is 0. The minimum atomic E-state index is -5.66. The molecule has 0 spiro atoms. The molecule has 0 aliphatic rings. The molecule has 2 aromatic heterocycles. The third-order valence-electron chi connectivity index (χ3n) is 9.19. The lowest BCUT2D eigenvalue weighted by Gasteiger charge is -2.13. The monoisotopic (exact) mass is 1100 g/mol. The average Bonchev–Trinajstić information content (AvgIpc) is 3.82. The quantitative estimate of drug-likeness (QED) is 0.0433. The van der Waals surface area contributed by atoms with Gasteiger partial charge in [-0.2, -0.15) is 51.9 Å².